The van der Waals surface area contributed by atoms with Crippen molar-refractivity contribution in [3.8, 4) is 0 Å². The van der Waals surface area contributed by atoms with Crippen LogP contribution in [0.3, 0.4) is 0 Å². The monoisotopic (exact) mass is 257 g/mol. The van der Waals surface area contributed by atoms with Crippen molar-refractivity contribution in [2.24, 2.45) is 22.6 Å². The maximum absolute atomic E-state index is 6.14. The van der Waals surface area contributed by atoms with Crippen molar-refractivity contribution in [1.29, 1.82) is 0 Å². The summed E-state index contributed by atoms with van der Waals surface area (Å²) in [6.45, 7) is 7.61. The highest BCUT2D eigenvalue weighted by Gasteiger charge is 2.53. The zero-order valence-electron chi connectivity index (χ0n) is 12.1. The second kappa shape index (κ2) is 4.26. The van der Waals surface area contributed by atoms with Gasteiger partial charge in [0.15, 0.2) is 5.96 Å². The third kappa shape index (κ3) is 1.92. The van der Waals surface area contributed by atoms with E-state index in [-0.39, 0.29) is 5.54 Å². The van der Waals surface area contributed by atoms with Crippen LogP contribution in [-0.2, 0) is 0 Å². The van der Waals surface area contributed by atoms with E-state index >= 15 is 0 Å². The minimum atomic E-state index is 0.160. The van der Waals surface area contributed by atoms with Crippen LogP contribution in [0.5, 0.6) is 0 Å². The van der Waals surface area contributed by atoms with E-state index in [1.54, 1.807) is 0 Å². The van der Waals surface area contributed by atoms with Crippen LogP contribution in [0.4, 0.5) is 5.69 Å². The largest absolute Gasteiger partial charge is 0.369 e. The number of hydrogen-bond donors (Lipinski definition) is 1. The Bertz CT molecular complexity index is 512. The fourth-order valence-electron chi connectivity index (χ4n) is 3.49. The van der Waals surface area contributed by atoms with Gasteiger partial charge in [-0.1, -0.05) is 26.0 Å². The van der Waals surface area contributed by atoms with Gasteiger partial charge in [0.1, 0.15) is 0 Å². The van der Waals surface area contributed by atoms with Crippen LogP contribution < -0.4 is 10.6 Å². The average Bonchev–Trinajstić information content (AvgIpc) is 2.64. The molecule has 3 rings (SSSR count). The molecule has 0 aromatic heterocycles. The van der Waals surface area contributed by atoms with E-state index in [0.29, 0.717) is 5.96 Å². The number of anilines is 1. The molecule has 0 bridgehead atoms. The molecule has 1 spiro atoms. The second-order valence-electron chi connectivity index (χ2n) is 6.49. The van der Waals surface area contributed by atoms with Crippen molar-refractivity contribution in [3.63, 3.8) is 0 Å². The SMILES string of the molecule is Cc1cccc(N2C(N)=NCC23CC(C(C)C)C3)c1. The second-order valence-corrected chi connectivity index (χ2v) is 6.49. The predicted molar refractivity (Wildman–Crippen MR) is 80.4 cm³/mol. The quantitative estimate of drug-likeness (QED) is 0.885. The molecule has 2 N–H and O–H groups in total. The first-order valence-corrected chi connectivity index (χ1v) is 7.19. The summed E-state index contributed by atoms with van der Waals surface area (Å²) < 4.78 is 0. The van der Waals surface area contributed by atoms with Gasteiger partial charge in [-0.25, -0.2) is 0 Å². The fraction of sp³-hybridized carbons (Fsp3) is 0.562. The lowest BCUT2D eigenvalue weighted by Gasteiger charge is -2.52. The molecular weight excluding hydrogens is 234 g/mol. The number of aliphatic imine (C=N–C) groups is 1. The van der Waals surface area contributed by atoms with Crippen LogP contribution >= 0.6 is 0 Å². The Morgan fingerprint density at radius 1 is 1.37 bits per heavy atom. The molecule has 3 heteroatoms. The first-order chi connectivity index (χ1) is 9.02. The number of benzene rings is 1. The maximum atomic E-state index is 6.14. The summed E-state index contributed by atoms with van der Waals surface area (Å²) in [7, 11) is 0. The van der Waals surface area contributed by atoms with Crippen molar-refractivity contribution >= 4 is 11.6 Å². The van der Waals surface area contributed by atoms with E-state index in [9.17, 15) is 0 Å². The number of hydrogen-bond acceptors (Lipinski definition) is 3. The van der Waals surface area contributed by atoms with Gasteiger partial charge in [0.25, 0.3) is 0 Å². The molecule has 1 aromatic rings. The van der Waals surface area contributed by atoms with Crippen LogP contribution in [-0.4, -0.2) is 18.0 Å². The molecule has 3 nitrogen and oxygen atoms in total. The minimum absolute atomic E-state index is 0.160. The zero-order valence-corrected chi connectivity index (χ0v) is 12.1. The third-order valence-electron chi connectivity index (χ3n) is 4.73. The van der Waals surface area contributed by atoms with E-state index in [2.05, 4.69) is 54.9 Å². The lowest BCUT2D eigenvalue weighted by molar-refractivity contribution is 0.121. The van der Waals surface area contributed by atoms with E-state index in [4.69, 9.17) is 5.73 Å². The van der Waals surface area contributed by atoms with Crippen molar-refractivity contribution in [3.05, 3.63) is 29.8 Å². The Balaban J connectivity index is 1.88. The zero-order chi connectivity index (χ0) is 13.6. The van der Waals surface area contributed by atoms with Gasteiger partial charge in [-0.2, -0.15) is 0 Å². The van der Waals surface area contributed by atoms with Gasteiger partial charge in [0, 0.05) is 5.69 Å². The summed E-state index contributed by atoms with van der Waals surface area (Å²) in [5.41, 5.74) is 8.77. The van der Waals surface area contributed by atoms with Crippen LogP contribution in [0.25, 0.3) is 0 Å². The van der Waals surface area contributed by atoms with E-state index in [1.807, 2.05) is 0 Å². The molecular formula is C16H23N3. The highest BCUT2D eigenvalue weighted by molar-refractivity contribution is 5.98. The summed E-state index contributed by atoms with van der Waals surface area (Å²) in [6.07, 6.45) is 2.42. The fourth-order valence-corrected chi connectivity index (χ4v) is 3.49. The van der Waals surface area contributed by atoms with Crippen molar-refractivity contribution < 1.29 is 0 Å². The summed E-state index contributed by atoms with van der Waals surface area (Å²) in [5.74, 6) is 2.26. The Kier molecular flexibility index (Phi) is 2.80. The molecule has 0 saturated heterocycles. The van der Waals surface area contributed by atoms with Gasteiger partial charge in [-0.05, 0) is 49.3 Å². The Morgan fingerprint density at radius 3 is 2.74 bits per heavy atom. The Hall–Kier alpha value is -1.51. The molecule has 102 valence electrons. The lowest BCUT2D eigenvalue weighted by Crippen LogP contribution is -2.60. The molecule has 1 aliphatic carbocycles. The number of guanidine groups is 1. The number of nitrogens with two attached hydrogens (primary N) is 1. The van der Waals surface area contributed by atoms with E-state index < -0.39 is 0 Å². The van der Waals surface area contributed by atoms with Crippen LogP contribution in [0, 0.1) is 18.8 Å². The average molecular weight is 257 g/mol. The summed E-state index contributed by atoms with van der Waals surface area (Å²) in [6, 6.07) is 8.57. The molecule has 0 unspecified atom stereocenters. The van der Waals surface area contributed by atoms with E-state index in [0.717, 1.165) is 18.4 Å². The molecule has 0 amide bonds. The molecule has 2 aliphatic rings. The molecule has 1 fully saturated rings. The third-order valence-corrected chi connectivity index (χ3v) is 4.73. The number of rotatable bonds is 2. The first kappa shape index (κ1) is 12.5. The van der Waals surface area contributed by atoms with Gasteiger partial charge in [0.05, 0.1) is 12.1 Å². The highest BCUT2D eigenvalue weighted by atomic mass is 15.4. The molecule has 19 heavy (non-hydrogen) atoms. The van der Waals surface area contributed by atoms with Crippen molar-refractivity contribution in [1.82, 2.24) is 0 Å². The summed E-state index contributed by atoms with van der Waals surface area (Å²) in [5, 5.41) is 0. The lowest BCUT2D eigenvalue weighted by atomic mass is 9.63. The summed E-state index contributed by atoms with van der Waals surface area (Å²) >= 11 is 0. The standard InChI is InChI=1S/C16H23N3/c1-11(2)13-8-16(9-13)10-18-15(17)19(16)14-6-4-5-12(3)7-14/h4-7,11,13H,8-10H2,1-3H3,(H2,17,18). The molecule has 1 aliphatic heterocycles. The summed E-state index contributed by atoms with van der Waals surface area (Å²) in [4.78, 5) is 6.79. The van der Waals surface area contributed by atoms with Crippen LogP contribution in [0.15, 0.2) is 29.3 Å². The maximum Gasteiger partial charge on any atom is 0.196 e. The molecule has 1 aromatic carbocycles. The first-order valence-electron chi connectivity index (χ1n) is 7.19. The van der Waals surface area contributed by atoms with Gasteiger partial charge >= 0.3 is 0 Å². The Labute approximate surface area is 115 Å². The van der Waals surface area contributed by atoms with Gasteiger partial charge in [-0.15, -0.1) is 0 Å². The molecule has 0 atom stereocenters. The van der Waals surface area contributed by atoms with Crippen LogP contribution in [0.2, 0.25) is 0 Å². The topological polar surface area (TPSA) is 41.6 Å². The van der Waals surface area contributed by atoms with Gasteiger partial charge < -0.3 is 10.6 Å². The normalized spacial score (nSPS) is 29.8. The Morgan fingerprint density at radius 2 is 2.11 bits per heavy atom. The van der Waals surface area contributed by atoms with Crippen molar-refractivity contribution in [2.45, 2.75) is 39.2 Å². The van der Waals surface area contributed by atoms with Crippen molar-refractivity contribution in [2.75, 3.05) is 11.4 Å². The molecule has 0 radical (unpaired) electrons. The molecule has 1 heterocycles. The highest BCUT2D eigenvalue weighted by Crippen LogP contribution is 2.49. The molecule has 1 saturated carbocycles. The number of aryl methyl sites for hydroxylation is 1. The van der Waals surface area contributed by atoms with Gasteiger partial charge in [-0.3, -0.25) is 4.99 Å². The minimum Gasteiger partial charge on any atom is -0.369 e. The predicted octanol–water partition coefficient (Wildman–Crippen LogP) is 2.93. The van der Waals surface area contributed by atoms with Gasteiger partial charge in [0.2, 0.25) is 0 Å². The smallest absolute Gasteiger partial charge is 0.196 e. The van der Waals surface area contributed by atoms with E-state index in [1.165, 1.54) is 24.1 Å². The van der Waals surface area contributed by atoms with Crippen LogP contribution in [0.1, 0.15) is 32.3 Å². The number of nitrogens with zero attached hydrogens (tertiary/aromatic N) is 2.